The fourth-order valence-electron chi connectivity index (χ4n) is 3.05. The number of nitrogens with one attached hydrogen (secondary N) is 2. The summed E-state index contributed by atoms with van der Waals surface area (Å²) in [4.78, 5) is 20.2. The third kappa shape index (κ3) is 8.02. The first-order valence-corrected chi connectivity index (χ1v) is 11.4. The van der Waals surface area contributed by atoms with Crippen molar-refractivity contribution in [3.8, 4) is 11.6 Å². The molecule has 0 aliphatic heterocycles. The zero-order chi connectivity index (χ0) is 25.4. The molecule has 0 aliphatic carbocycles. The van der Waals surface area contributed by atoms with Crippen molar-refractivity contribution in [1.29, 1.82) is 0 Å². The van der Waals surface area contributed by atoms with Crippen molar-refractivity contribution < 1.29 is 27.5 Å². The predicted molar refractivity (Wildman–Crippen MR) is 128 cm³/mol. The Kier molecular flexibility index (Phi) is 9.20. The molecule has 6 nitrogen and oxygen atoms in total. The molecule has 0 saturated heterocycles. The van der Waals surface area contributed by atoms with Crippen LogP contribution in [0.3, 0.4) is 0 Å². The van der Waals surface area contributed by atoms with Crippen LogP contribution in [0, 0.1) is 0 Å². The second kappa shape index (κ2) is 12.1. The van der Waals surface area contributed by atoms with E-state index in [1.54, 1.807) is 24.3 Å². The number of aromatic nitrogens is 1. The van der Waals surface area contributed by atoms with E-state index in [4.69, 9.17) is 32.8 Å². The van der Waals surface area contributed by atoms with Crippen LogP contribution in [0.15, 0.2) is 54.7 Å². The van der Waals surface area contributed by atoms with Gasteiger partial charge in [-0.1, -0.05) is 36.2 Å². The van der Waals surface area contributed by atoms with Crippen LogP contribution in [0.4, 0.5) is 24.5 Å². The first-order valence-electron chi connectivity index (χ1n) is 10.6. The fourth-order valence-corrected chi connectivity index (χ4v) is 3.35. The molecule has 186 valence electrons. The molecule has 1 heterocycles. The highest BCUT2D eigenvalue weighted by Gasteiger charge is 2.33. The van der Waals surface area contributed by atoms with E-state index in [2.05, 4.69) is 15.8 Å². The molecule has 35 heavy (non-hydrogen) atoms. The van der Waals surface area contributed by atoms with Gasteiger partial charge >= 0.3 is 12.1 Å². The molecule has 0 bridgehead atoms. The summed E-state index contributed by atoms with van der Waals surface area (Å²) in [6.45, 7) is 1.85. The minimum atomic E-state index is -4.59. The number of halogens is 5. The first kappa shape index (κ1) is 26.6. The van der Waals surface area contributed by atoms with E-state index >= 15 is 0 Å². The number of alkyl halides is 3. The molecule has 0 spiro atoms. The summed E-state index contributed by atoms with van der Waals surface area (Å²) in [5.41, 5.74) is 2.91. The second-order valence-electron chi connectivity index (χ2n) is 7.43. The highest BCUT2D eigenvalue weighted by atomic mass is 35.5. The van der Waals surface area contributed by atoms with Gasteiger partial charge in [-0.25, -0.2) is 4.98 Å². The van der Waals surface area contributed by atoms with Gasteiger partial charge in [0.05, 0.1) is 27.5 Å². The minimum absolute atomic E-state index is 0.00184. The number of carbonyl (C=O) groups is 1. The minimum Gasteiger partial charge on any atom is -0.439 e. The van der Waals surface area contributed by atoms with Gasteiger partial charge < -0.3 is 14.9 Å². The highest BCUT2D eigenvalue weighted by molar-refractivity contribution is 6.42. The van der Waals surface area contributed by atoms with Gasteiger partial charge in [0.1, 0.15) is 5.75 Å². The summed E-state index contributed by atoms with van der Waals surface area (Å²) in [5, 5.41) is 3.91. The largest absolute Gasteiger partial charge is 0.439 e. The quantitative estimate of drug-likeness (QED) is 0.212. The fraction of sp³-hybridized carbons (Fsp3) is 0.250. The van der Waals surface area contributed by atoms with Crippen LogP contribution in [0.2, 0.25) is 10.0 Å². The van der Waals surface area contributed by atoms with Crippen molar-refractivity contribution in [3.05, 3.63) is 75.9 Å². The van der Waals surface area contributed by atoms with Crippen molar-refractivity contribution in [2.45, 2.75) is 32.4 Å². The first-order chi connectivity index (χ1) is 16.7. The van der Waals surface area contributed by atoms with Crippen molar-refractivity contribution in [3.63, 3.8) is 0 Å². The monoisotopic (exact) mass is 527 g/mol. The summed E-state index contributed by atoms with van der Waals surface area (Å²) >= 11 is 11.9. The third-order valence-electron chi connectivity index (χ3n) is 4.69. The molecular formula is C24H22Cl2F3N3O3. The Labute approximate surface area is 210 Å². The molecule has 11 heteroatoms. The van der Waals surface area contributed by atoms with Crippen LogP contribution in [0.1, 0.15) is 30.9 Å². The van der Waals surface area contributed by atoms with E-state index in [1.165, 1.54) is 24.4 Å². The molecule has 1 aromatic heterocycles. The van der Waals surface area contributed by atoms with Crippen LogP contribution in [0.5, 0.6) is 11.6 Å². The molecule has 0 aliphatic rings. The molecule has 0 radical (unpaired) electrons. The lowest BCUT2D eigenvalue weighted by molar-refractivity contribution is -0.151. The molecule has 2 N–H and O–H groups in total. The number of hydrogen-bond acceptors (Lipinski definition) is 6. The summed E-state index contributed by atoms with van der Waals surface area (Å²) in [5.74, 6) is -0.353. The Morgan fingerprint density at radius 2 is 1.80 bits per heavy atom. The predicted octanol–water partition coefficient (Wildman–Crippen LogP) is 7.33. The van der Waals surface area contributed by atoms with E-state index in [9.17, 15) is 18.0 Å². The average Bonchev–Trinajstić information content (AvgIpc) is 2.81. The molecule has 0 amide bonds. The maximum Gasteiger partial charge on any atom is 0.416 e. The number of rotatable bonds is 10. The lowest BCUT2D eigenvalue weighted by atomic mass is 10.0. The summed E-state index contributed by atoms with van der Waals surface area (Å²) < 4.78 is 46.4. The van der Waals surface area contributed by atoms with Crippen molar-refractivity contribution >= 4 is 40.5 Å². The standard InChI is InChI=1S/C24H22Cl2F3N3O3/c1-2-3-23(33)35-31-11-10-15-4-7-18(13-19(15)24(27,28)29)34-22-9-6-17(14-30-22)32-16-5-8-20(25)21(26)12-16/h4-9,12-14,31-32H,2-3,10-11H2,1H3. The molecule has 0 unspecified atom stereocenters. The second-order valence-corrected chi connectivity index (χ2v) is 8.24. The number of carbonyl (C=O) groups excluding carboxylic acids is 1. The Balaban J connectivity index is 1.65. The Morgan fingerprint density at radius 1 is 1.03 bits per heavy atom. The van der Waals surface area contributed by atoms with E-state index in [0.29, 0.717) is 27.8 Å². The normalized spacial score (nSPS) is 11.3. The molecule has 2 aromatic carbocycles. The lowest BCUT2D eigenvalue weighted by Crippen LogP contribution is -2.23. The van der Waals surface area contributed by atoms with Crippen LogP contribution >= 0.6 is 23.2 Å². The molecule has 3 rings (SSSR count). The zero-order valence-electron chi connectivity index (χ0n) is 18.6. The Morgan fingerprint density at radius 3 is 2.46 bits per heavy atom. The smallest absolute Gasteiger partial charge is 0.416 e. The van der Waals surface area contributed by atoms with E-state index in [-0.39, 0.29) is 36.6 Å². The molecule has 0 atom stereocenters. The van der Waals surface area contributed by atoms with Gasteiger partial charge in [-0.15, -0.1) is 0 Å². The molecule has 3 aromatic rings. The van der Waals surface area contributed by atoms with Gasteiger partial charge in [0.25, 0.3) is 0 Å². The van der Waals surface area contributed by atoms with Crippen LogP contribution < -0.4 is 15.5 Å². The van der Waals surface area contributed by atoms with Crippen molar-refractivity contribution in [2.24, 2.45) is 0 Å². The van der Waals surface area contributed by atoms with Gasteiger partial charge in [-0.2, -0.15) is 18.7 Å². The Bertz CT molecular complexity index is 1160. The number of ether oxygens (including phenoxy) is 1. The third-order valence-corrected chi connectivity index (χ3v) is 5.43. The van der Waals surface area contributed by atoms with E-state index in [0.717, 1.165) is 6.07 Å². The molecule has 0 fully saturated rings. The van der Waals surface area contributed by atoms with Gasteiger partial charge in [-0.3, -0.25) is 4.79 Å². The summed E-state index contributed by atoms with van der Waals surface area (Å²) in [6.07, 6.45) is -2.27. The average molecular weight is 528 g/mol. The van der Waals surface area contributed by atoms with Gasteiger partial charge in [0, 0.05) is 24.7 Å². The van der Waals surface area contributed by atoms with Crippen LogP contribution in [-0.4, -0.2) is 17.5 Å². The maximum absolute atomic E-state index is 13.6. The SMILES string of the molecule is CCCC(=O)ONCCc1ccc(Oc2ccc(Nc3ccc(Cl)c(Cl)c3)cn2)cc1C(F)(F)F. The topological polar surface area (TPSA) is 72.5 Å². The highest BCUT2D eigenvalue weighted by Crippen LogP contribution is 2.36. The number of anilines is 2. The lowest BCUT2D eigenvalue weighted by Gasteiger charge is -2.15. The van der Waals surface area contributed by atoms with Gasteiger partial charge in [0.15, 0.2) is 0 Å². The van der Waals surface area contributed by atoms with Gasteiger partial charge in [-0.05, 0) is 54.8 Å². The van der Waals surface area contributed by atoms with Gasteiger partial charge in [0.2, 0.25) is 5.88 Å². The number of hydroxylamine groups is 1. The number of nitrogens with zero attached hydrogens (tertiary/aromatic N) is 1. The number of pyridine rings is 1. The maximum atomic E-state index is 13.6. The number of benzene rings is 2. The Hall–Kier alpha value is -3.01. The van der Waals surface area contributed by atoms with Crippen molar-refractivity contribution in [1.82, 2.24) is 10.5 Å². The van der Waals surface area contributed by atoms with Crippen molar-refractivity contribution in [2.75, 3.05) is 11.9 Å². The van der Waals surface area contributed by atoms with Crippen LogP contribution in [0.25, 0.3) is 0 Å². The van der Waals surface area contributed by atoms with E-state index < -0.39 is 17.7 Å². The summed E-state index contributed by atoms with van der Waals surface area (Å²) in [7, 11) is 0. The van der Waals surface area contributed by atoms with E-state index in [1.807, 2.05) is 6.92 Å². The zero-order valence-corrected chi connectivity index (χ0v) is 20.1. The number of hydrogen-bond donors (Lipinski definition) is 2. The molecular weight excluding hydrogens is 506 g/mol. The van der Waals surface area contributed by atoms with Crippen LogP contribution in [-0.2, 0) is 22.2 Å². The summed E-state index contributed by atoms with van der Waals surface area (Å²) in [6, 6.07) is 11.9. The molecule has 0 saturated carbocycles.